The number of para-hydroxylation sites is 1. The highest BCUT2D eigenvalue weighted by Crippen LogP contribution is 2.16. The Bertz CT molecular complexity index is 660. The summed E-state index contributed by atoms with van der Waals surface area (Å²) in [6, 6.07) is 8.98. The van der Waals surface area contributed by atoms with Crippen LogP contribution in [-0.2, 0) is 6.54 Å². The summed E-state index contributed by atoms with van der Waals surface area (Å²) in [6.45, 7) is 0.609. The van der Waals surface area contributed by atoms with Gasteiger partial charge in [0.05, 0.1) is 17.9 Å². The average Bonchev–Trinajstić information content (AvgIpc) is 2.87. The van der Waals surface area contributed by atoms with Crippen LogP contribution in [-0.4, -0.2) is 15.2 Å². The van der Waals surface area contributed by atoms with Crippen LogP contribution in [0.25, 0.3) is 10.9 Å². The highest BCUT2D eigenvalue weighted by Gasteiger charge is 2.02. The fourth-order valence-electron chi connectivity index (χ4n) is 1.84. The van der Waals surface area contributed by atoms with Crippen LogP contribution in [0.2, 0.25) is 0 Å². The fourth-order valence-corrected chi connectivity index (χ4v) is 1.84. The third-order valence-corrected chi connectivity index (χ3v) is 2.75. The average molecular weight is 242 g/mol. The smallest absolute Gasteiger partial charge is 0.141 e. The number of aromatic nitrogens is 3. The van der Waals surface area contributed by atoms with E-state index in [2.05, 4.69) is 20.5 Å². The van der Waals surface area contributed by atoms with Gasteiger partial charge >= 0.3 is 0 Å². The molecule has 0 radical (unpaired) electrons. The fraction of sp³-hybridized carbons (Fsp3) is 0.0769. The molecule has 3 rings (SSSR count). The molecule has 0 aliphatic heterocycles. The first-order chi connectivity index (χ1) is 8.83. The molecule has 0 atom stereocenters. The Balaban J connectivity index is 1.80. The van der Waals surface area contributed by atoms with Crippen molar-refractivity contribution < 1.29 is 4.39 Å². The van der Waals surface area contributed by atoms with E-state index in [0.717, 1.165) is 16.5 Å². The van der Waals surface area contributed by atoms with Gasteiger partial charge in [-0.2, -0.15) is 5.10 Å². The number of hydrogen-bond acceptors (Lipinski definition) is 3. The number of halogens is 1. The number of anilines is 1. The number of benzene rings is 1. The van der Waals surface area contributed by atoms with Crippen LogP contribution >= 0.6 is 0 Å². The van der Waals surface area contributed by atoms with Crippen LogP contribution in [0.1, 0.15) is 5.56 Å². The van der Waals surface area contributed by atoms with Gasteiger partial charge < -0.3 is 5.32 Å². The summed E-state index contributed by atoms with van der Waals surface area (Å²) in [5.74, 6) is 0.309. The predicted molar refractivity (Wildman–Crippen MR) is 67.6 cm³/mol. The second-order valence-corrected chi connectivity index (χ2v) is 3.97. The maximum absolute atomic E-state index is 12.7. The summed E-state index contributed by atoms with van der Waals surface area (Å²) in [6.07, 6.45) is 2.98. The highest BCUT2D eigenvalue weighted by atomic mass is 19.1. The first kappa shape index (κ1) is 10.7. The Labute approximate surface area is 103 Å². The van der Waals surface area contributed by atoms with Crippen molar-refractivity contribution in [2.24, 2.45) is 0 Å². The molecule has 0 aliphatic carbocycles. The maximum atomic E-state index is 12.7. The van der Waals surface area contributed by atoms with Crippen molar-refractivity contribution in [1.29, 1.82) is 0 Å². The molecule has 0 unspecified atom stereocenters. The lowest BCUT2D eigenvalue weighted by Crippen LogP contribution is -2.01. The molecule has 2 aromatic heterocycles. The molecule has 90 valence electrons. The molecule has 0 saturated heterocycles. The largest absolute Gasteiger partial charge is 0.366 e. The van der Waals surface area contributed by atoms with Gasteiger partial charge in [-0.15, -0.1) is 0 Å². The first-order valence-electron chi connectivity index (χ1n) is 5.59. The Morgan fingerprint density at radius 1 is 1.17 bits per heavy atom. The summed E-state index contributed by atoms with van der Waals surface area (Å²) in [5.41, 5.74) is 2.10. The van der Waals surface area contributed by atoms with E-state index < -0.39 is 0 Å². The van der Waals surface area contributed by atoms with Gasteiger partial charge in [0.25, 0.3) is 0 Å². The van der Waals surface area contributed by atoms with E-state index in [0.29, 0.717) is 12.4 Å². The monoisotopic (exact) mass is 242 g/mol. The Hall–Kier alpha value is -2.43. The summed E-state index contributed by atoms with van der Waals surface area (Å²) < 4.78 is 12.7. The SMILES string of the molecule is Fc1ccc(NCc2cccc3cn[nH]c23)nc1. The molecule has 0 bridgehead atoms. The Kier molecular flexibility index (Phi) is 2.64. The van der Waals surface area contributed by atoms with E-state index in [1.54, 1.807) is 12.3 Å². The van der Waals surface area contributed by atoms with E-state index in [1.807, 2.05) is 18.2 Å². The van der Waals surface area contributed by atoms with Crippen molar-refractivity contribution >= 4 is 16.7 Å². The summed E-state index contributed by atoms with van der Waals surface area (Å²) >= 11 is 0. The first-order valence-corrected chi connectivity index (χ1v) is 5.59. The lowest BCUT2D eigenvalue weighted by atomic mass is 10.1. The molecule has 0 saturated carbocycles. The van der Waals surface area contributed by atoms with Crippen LogP contribution < -0.4 is 5.32 Å². The van der Waals surface area contributed by atoms with Crippen molar-refractivity contribution in [1.82, 2.24) is 15.2 Å². The second-order valence-electron chi connectivity index (χ2n) is 3.97. The summed E-state index contributed by atoms with van der Waals surface area (Å²) in [4.78, 5) is 3.95. The lowest BCUT2D eigenvalue weighted by Gasteiger charge is -2.06. The molecule has 0 spiro atoms. The molecular formula is C13H11FN4. The topological polar surface area (TPSA) is 53.6 Å². The van der Waals surface area contributed by atoms with Gasteiger partial charge in [0.2, 0.25) is 0 Å². The quantitative estimate of drug-likeness (QED) is 0.742. The molecule has 0 aliphatic rings. The molecule has 4 nitrogen and oxygen atoms in total. The van der Waals surface area contributed by atoms with Gasteiger partial charge in [0.1, 0.15) is 11.6 Å². The van der Waals surface area contributed by atoms with Crippen LogP contribution in [0, 0.1) is 5.82 Å². The number of aromatic amines is 1. The number of nitrogens with one attached hydrogen (secondary N) is 2. The van der Waals surface area contributed by atoms with E-state index >= 15 is 0 Å². The second kappa shape index (κ2) is 4.44. The zero-order valence-corrected chi connectivity index (χ0v) is 9.52. The maximum Gasteiger partial charge on any atom is 0.141 e. The van der Waals surface area contributed by atoms with Gasteiger partial charge in [-0.1, -0.05) is 18.2 Å². The number of fused-ring (bicyclic) bond motifs is 1. The minimum atomic E-state index is -0.337. The zero-order chi connectivity index (χ0) is 12.4. The number of hydrogen-bond donors (Lipinski definition) is 2. The number of rotatable bonds is 3. The van der Waals surface area contributed by atoms with Crippen molar-refractivity contribution in [2.45, 2.75) is 6.54 Å². The van der Waals surface area contributed by atoms with Crippen LogP contribution in [0.3, 0.4) is 0 Å². The Morgan fingerprint density at radius 3 is 2.94 bits per heavy atom. The molecule has 3 aromatic rings. The molecule has 1 aromatic carbocycles. The van der Waals surface area contributed by atoms with Gasteiger partial charge in [-0.25, -0.2) is 9.37 Å². The van der Waals surface area contributed by atoms with Crippen LogP contribution in [0.5, 0.6) is 0 Å². The number of nitrogens with zero attached hydrogens (tertiary/aromatic N) is 2. The molecule has 2 heterocycles. The van der Waals surface area contributed by atoms with Gasteiger partial charge in [0.15, 0.2) is 0 Å². The highest BCUT2D eigenvalue weighted by molar-refractivity contribution is 5.81. The van der Waals surface area contributed by atoms with Crippen molar-refractivity contribution in [3.05, 3.63) is 54.1 Å². The Morgan fingerprint density at radius 2 is 2.11 bits per heavy atom. The van der Waals surface area contributed by atoms with Gasteiger partial charge in [-0.05, 0) is 17.7 Å². The van der Waals surface area contributed by atoms with E-state index in [1.165, 1.54) is 12.3 Å². The number of pyridine rings is 1. The zero-order valence-electron chi connectivity index (χ0n) is 9.52. The molecule has 18 heavy (non-hydrogen) atoms. The molecule has 2 N–H and O–H groups in total. The number of H-pyrrole nitrogens is 1. The van der Waals surface area contributed by atoms with Gasteiger partial charge in [0, 0.05) is 11.9 Å². The van der Waals surface area contributed by atoms with E-state index in [9.17, 15) is 4.39 Å². The summed E-state index contributed by atoms with van der Waals surface area (Å²) in [7, 11) is 0. The van der Waals surface area contributed by atoms with Crippen molar-refractivity contribution in [3.63, 3.8) is 0 Å². The predicted octanol–water partition coefficient (Wildman–Crippen LogP) is 2.71. The molecular weight excluding hydrogens is 231 g/mol. The lowest BCUT2D eigenvalue weighted by molar-refractivity contribution is 0.621. The minimum Gasteiger partial charge on any atom is -0.366 e. The third kappa shape index (κ3) is 2.02. The van der Waals surface area contributed by atoms with E-state index in [-0.39, 0.29) is 5.82 Å². The van der Waals surface area contributed by atoms with E-state index in [4.69, 9.17) is 0 Å². The van der Waals surface area contributed by atoms with Crippen LogP contribution in [0.4, 0.5) is 10.2 Å². The minimum absolute atomic E-state index is 0.337. The molecule has 0 amide bonds. The molecule has 5 heteroatoms. The standard InChI is InChI=1S/C13H11FN4/c14-11-4-5-12(16-8-11)15-6-9-2-1-3-10-7-17-18-13(9)10/h1-5,7-8H,6H2,(H,15,16)(H,17,18). The third-order valence-electron chi connectivity index (χ3n) is 2.75. The van der Waals surface area contributed by atoms with Crippen molar-refractivity contribution in [3.8, 4) is 0 Å². The van der Waals surface area contributed by atoms with Crippen molar-refractivity contribution in [2.75, 3.05) is 5.32 Å². The normalized spacial score (nSPS) is 10.7. The van der Waals surface area contributed by atoms with Gasteiger partial charge in [-0.3, -0.25) is 5.10 Å². The molecule has 0 fully saturated rings. The summed E-state index contributed by atoms with van der Waals surface area (Å²) in [5, 5.41) is 11.2. The van der Waals surface area contributed by atoms with Crippen LogP contribution in [0.15, 0.2) is 42.7 Å².